The third kappa shape index (κ3) is 3.57. The van der Waals surface area contributed by atoms with E-state index >= 15 is 0 Å². The number of nitrogens with zero attached hydrogens (tertiary/aromatic N) is 1. The summed E-state index contributed by atoms with van der Waals surface area (Å²) >= 11 is 9.44. The zero-order valence-corrected chi connectivity index (χ0v) is 13.8. The van der Waals surface area contributed by atoms with E-state index in [1.807, 2.05) is 47.7 Å². The summed E-state index contributed by atoms with van der Waals surface area (Å²) < 4.78 is 0. The molecule has 1 amide bonds. The van der Waals surface area contributed by atoms with Gasteiger partial charge in [0, 0.05) is 16.3 Å². The number of thiophene rings is 1. The molecule has 0 unspecified atom stereocenters. The van der Waals surface area contributed by atoms with Crippen molar-refractivity contribution in [3.63, 3.8) is 0 Å². The Bertz CT molecular complexity index is 584. The monoisotopic (exact) mass is 325 g/mol. The van der Waals surface area contributed by atoms with Crippen molar-refractivity contribution in [1.82, 2.24) is 4.90 Å². The second-order valence-corrected chi connectivity index (χ2v) is 6.56. The van der Waals surface area contributed by atoms with E-state index in [2.05, 4.69) is 0 Å². The minimum atomic E-state index is -0.0122. The van der Waals surface area contributed by atoms with Crippen molar-refractivity contribution in [3.8, 4) is 0 Å². The Kier molecular flexibility index (Phi) is 5.52. The normalized spacial score (nSPS) is 10.6. The highest BCUT2D eigenvalue weighted by Gasteiger charge is 2.18. The summed E-state index contributed by atoms with van der Waals surface area (Å²) in [5, 5.41) is 2.53. The van der Waals surface area contributed by atoms with Crippen molar-refractivity contribution in [3.05, 3.63) is 51.2 Å². The molecule has 20 heavy (non-hydrogen) atoms. The SMILES string of the molecule is CCN(Cc1cccs1)C(=O)c1cc(SC)ccc1Cl. The van der Waals surface area contributed by atoms with Crippen LogP contribution in [0.5, 0.6) is 0 Å². The molecule has 5 heteroatoms. The van der Waals surface area contributed by atoms with E-state index in [4.69, 9.17) is 11.6 Å². The maximum atomic E-state index is 12.6. The molecule has 1 aromatic heterocycles. The molecule has 0 radical (unpaired) electrons. The Morgan fingerprint density at radius 2 is 2.20 bits per heavy atom. The van der Waals surface area contributed by atoms with Gasteiger partial charge in [-0.1, -0.05) is 17.7 Å². The minimum absolute atomic E-state index is 0.0122. The van der Waals surface area contributed by atoms with E-state index in [9.17, 15) is 4.79 Å². The van der Waals surface area contributed by atoms with Crippen LogP contribution < -0.4 is 0 Å². The molecule has 0 aliphatic rings. The Morgan fingerprint density at radius 3 is 2.80 bits per heavy atom. The predicted octanol–water partition coefficient (Wildman–Crippen LogP) is 4.79. The molecule has 2 rings (SSSR count). The molecule has 106 valence electrons. The van der Waals surface area contributed by atoms with Crippen LogP contribution in [0.4, 0.5) is 0 Å². The molecule has 0 saturated heterocycles. The number of rotatable bonds is 5. The summed E-state index contributed by atoms with van der Waals surface area (Å²) in [6.45, 7) is 3.28. The van der Waals surface area contributed by atoms with E-state index in [0.717, 1.165) is 4.90 Å². The summed E-state index contributed by atoms with van der Waals surface area (Å²) in [5.41, 5.74) is 0.580. The molecule has 0 saturated carbocycles. The third-order valence-corrected chi connectivity index (χ3v) is 4.92. The van der Waals surface area contributed by atoms with Gasteiger partial charge in [-0.15, -0.1) is 23.1 Å². The molecule has 0 N–H and O–H groups in total. The van der Waals surface area contributed by atoms with Crippen LogP contribution in [0.25, 0.3) is 0 Å². The van der Waals surface area contributed by atoms with Crippen molar-refractivity contribution in [2.45, 2.75) is 18.4 Å². The number of thioether (sulfide) groups is 1. The van der Waals surface area contributed by atoms with Crippen molar-refractivity contribution in [2.24, 2.45) is 0 Å². The van der Waals surface area contributed by atoms with E-state index < -0.39 is 0 Å². The third-order valence-electron chi connectivity index (χ3n) is 3.00. The topological polar surface area (TPSA) is 20.3 Å². The molecule has 1 aromatic carbocycles. The highest BCUT2D eigenvalue weighted by Crippen LogP contribution is 2.25. The average Bonchev–Trinajstić information content (AvgIpc) is 2.97. The van der Waals surface area contributed by atoms with Crippen LogP contribution in [0.2, 0.25) is 5.02 Å². The zero-order valence-electron chi connectivity index (χ0n) is 11.4. The standard InChI is InChI=1S/C15H16ClNOS2/c1-3-17(10-12-5-4-8-20-12)15(18)13-9-11(19-2)6-7-14(13)16/h4-9H,3,10H2,1-2H3. The summed E-state index contributed by atoms with van der Waals surface area (Å²) in [4.78, 5) is 16.7. The molecule has 0 aliphatic carbocycles. The number of halogens is 1. The van der Waals surface area contributed by atoms with Crippen LogP contribution in [0, 0.1) is 0 Å². The fourth-order valence-electron chi connectivity index (χ4n) is 1.88. The van der Waals surface area contributed by atoms with Crippen molar-refractivity contribution in [1.29, 1.82) is 0 Å². The first-order chi connectivity index (χ1) is 9.65. The summed E-state index contributed by atoms with van der Waals surface area (Å²) in [6, 6.07) is 9.63. The van der Waals surface area contributed by atoms with Gasteiger partial charge in [-0.3, -0.25) is 4.79 Å². The molecule has 2 nitrogen and oxygen atoms in total. The lowest BCUT2D eigenvalue weighted by atomic mass is 10.2. The van der Waals surface area contributed by atoms with Crippen LogP contribution in [-0.4, -0.2) is 23.6 Å². The van der Waals surface area contributed by atoms with Crippen LogP contribution >= 0.6 is 34.7 Å². The van der Waals surface area contributed by atoms with Gasteiger partial charge >= 0.3 is 0 Å². The fraction of sp³-hybridized carbons (Fsp3) is 0.267. The summed E-state index contributed by atoms with van der Waals surface area (Å²) in [5.74, 6) is -0.0122. The van der Waals surface area contributed by atoms with Gasteiger partial charge in [-0.25, -0.2) is 0 Å². The summed E-state index contributed by atoms with van der Waals surface area (Å²) in [7, 11) is 0. The maximum Gasteiger partial charge on any atom is 0.255 e. The first-order valence-electron chi connectivity index (χ1n) is 6.31. The number of hydrogen-bond donors (Lipinski definition) is 0. The molecule has 0 bridgehead atoms. The molecule has 1 heterocycles. The quantitative estimate of drug-likeness (QED) is 0.737. The van der Waals surface area contributed by atoms with Crippen molar-refractivity contribution >= 4 is 40.6 Å². The second kappa shape index (κ2) is 7.16. The molecular weight excluding hydrogens is 310 g/mol. The minimum Gasteiger partial charge on any atom is -0.334 e. The molecule has 0 fully saturated rings. The first kappa shape index (κ1) is 15.4. The van der Waals surface area contributed by atoms with Gasteiger partial charge in [-0.05, 0) is 42.8 Å². The van der Waals surface area contributed by atoms with Gasteiger partial charge in [0.15, 0.2) is 0 Å². The zero-order chi connectivity index (χ0) is 14.5. The van der Waals surface area contributed by atoms with Gasteiger partial charge in [0.1, 0.15) is 0 Å². The van der Waals surface area contributed by atoms with E-state index in [1.165, 1.54) is 4.88 Å². The largest absolute Gasteiger partial charge is 0.334 e. The lowest BCUT2D eigenvalue weighted by molar-refractivity contribution is 0.0754. The van der Waals surface area contributed by atoms with Crippen LogP contribution in [0.1, 0.15) is 22.2 Å². The molecular formula is C15H16ClNOS2. The Hall–Kier alpha value is -0.970. The van der Waals surface area contributed by atoms with Gasteiger partial charge < -0.3 is 4.90 Å². The maximum absolute atomic E-state index is 12.6. The second-order valence-electron chi connectivity index (χ2n) is 4.24. The Morgan fingerprint density at radius 1 is 1.40 bits per heavy atom. The lowest BCUT2D eigenvalue weighted by Crippen LogP contribution is -2.30. The van der Waals surface area contributed by atoms with Gasteiger partial charge in [0.2, 0.25) is 0 Å². The molecule has 2 aromatic rings. The number of benzene rings is 1. The van der Waals surface area contributed by atoms with Crippen molar-refractivity contribution < 1.29 is 4.79 Å². The van der Waals surface area contributed by atoms with Crippen LogP contribution in [0.15, 0.2) is 40.6 Å². The van der Waals surface area contributed by atoms with E-state index in [-0.39, 0.29) is 5.91 Å². The smallest absolute Gasteiger partial charge is 0.255 e. The average molecular weight is 326 g/mol. The van der Waals surface area contributed by atoms with E-state index in [0.29, 0.717) is 23.7 Å². The van der Waals surface area contributed by atoms with Crippen LogP contribution in [0.3, 0.4) is 0 Å². The van der Waals surface area contributed by atoms with Crippen molar-refractivity contribution in [2.75, 3.05) is 12.8 Å². The summed E-state index contributed by atoms with van der Waals surface area (Å²) in [6.07, 6.45) is 1.99. The van der Waals surface area contributed by atoms with Gasteiger partial charge in [0.25, 0.3) is 5.91 Å². The highest BCUT2D eigenvalue weighted by molar-refractivity contribution is 7.98. The van der Waals surface area contributed by atoms with E-state index in [1.54, 1.807) is 29.2 Å². The Balaban J connectivity index is 2.23. The van der Waals surface area contributed by atoms with Crippen LogP contribution in [-0.2, 0) is 6.54 Å². The lowest BCUT2D eigenvalue weighted by Gasteiger charge is -2.21. The first-order valence-corrected chi connectivity index (χ1v) is 8.79. The fourth-order valence-corrected chi connectivity index (χ4v) is 3.24. The predicted molar refractivity (Wildman–Crippen MR) is 88.0 cm³/mol. The van der Waals surface area contributed by atoms with Gasteiger partial charge in [-0.2, -0.15) is 0 Å². The number of hydrogen-bond acceptors (Lipinski definition) is 3. The molecule has 0 spiro atoms. The highest BCUT2D eigenvalue weighted by atomic mass is 35.5. The molecule has 0 atom stereocenters. The number of carbonyl (C=O) groups excluding carboxylic acids is 1. The Labute approximate surface area is 132 Å². The van der Waals surface area contributed by atoms with Gasteiger partial charge in [0.05, 0.1) is 17.1 Å². The number of amides is 1. The number of carbonyl (C=O) groups is 1. The molecule has 0 aliphatic heterocycles.